The van der Waals surface area contributed by atoms with Gasteiger partial charge in [0.1, 0.15) is 0 Å². The lowest BCUT2D eigenvalue weighted by molar-refractivity contribution is 0.942. The summed E-state index contributed by atoms with van der Waals surface area (Å²) in [5.74, 6) is 0. The molecule has 1 aromatic carbocycles. The molecule has 2 nitrogen and oxygen atoms in total. The number of anilines is 2. The summed E-state index contributed by atoms with van der Waals surface area (Å²) in [4.78, 5) is 3.37. The van der Waals surface area contributed by atoms with E-state index in [1.807, 2.05) is 19.2 Å². The third-order valence-electron chi connectivity index (χ3n) is 2.43. The number of halogens is 2. The van der Waals surface area contributed by atoms with Gasteiger partial charge in [0.2, 0.25) is 0 Å². The van der Waals surface area contributed by atoms with Crippen LogP contribution >= 0.6 is 38.9 Å². The van der Waals surface area contributed by atoms with Crippen LogP contribution in [-0.4, -0.2) is 7.05 Å². The molecule has 5 heteroatoms. The van der Waals surface area contributed by atoms with Gasteiger partial charge in [0.05, 0.1) is 21.7 Å². The van der Waals surface area contributed by atoms with Crippen molar-refractivity contribution >= 4 is 50.2 Å². The number of nitrogen functional groups attached to an aromatic ring is 1. The minimum Gasteiger partial charge on any atom is -0.397 e. The Bertz CT molecular complexity index is 527. The van der Waals surface area contributed by atoms with Crippen molar-refractivity contribution in [2.24, 2.45) is 0 Å². The number of thiophene rings is 1. The fraction of sp³-hybridized carbons (Fsp3) is 0.167. The van der Waals surface area contributed by atoms with Crippen LogP contribution in [0.1, 0.15) is 4.88 Å². The van der Waals surface area contributed by atoms with Crippen molar-refractivity contribution in [3.8, 4) is 0 Å². The second-order valence-corrected chi connectivity index (χ2v) is 6.75. The lowest BCUT2D eigenvalue weighted by Gasteiger charge is -2.20. The largest absolute Gasteiger partial charge is 0.397 e. The molecule has 2 N–H and O–H groups in total. The molecule has 0 atom stereocenters. The molecule has 2 rings (SSSR count). The van der Waals surface area contributed by atoms with Crippen molar-refractivity contribution in [3.63, 3.8) is 0 Å². The Morgan fingerprint density at radius 2 is 2.12 bits per heavy atom. The highest BCUT2D eigenvalue weighted by atomic mass is 79.9. The van der Waals surface area contributed by atoms with Crippen LogP contribution in [0.2, 0.25) is 5.02 Å². The van der Waals surface area contributed by atoms with E-state index < -0.39 is 0 Å². The molecule has 17 heavy (non-hydrogen) atoms. The zero-order valence-corrected chi connectivity index (χ0v) is 12.4. The molecule has 90 valence electrons. The highest BCUT2D eigenvalue weighted by Gasteiger charge is 2.08. The van der Waals surface area contributed by atoms with Crippen molar-refractivity contribution in [1.82, 2.24) is 0 Å². The Balaban J connectivity index is 2.19. The molecule has 0 bridgehead atoms. The number of nitrogens with zero attached hydrogens (tertiary/aromatic N) is 1. The predicted octanol–water partition coefficient (Wildman–Crippen LogP) is 4.38. The van der Waals surface area contributed by atoms with Crippen molar-refractivity contribution in [2.75, 3.05) is 17.7 Å². The van der Waals surface area contributed by atoms with Gasteiger partial charge in [-0.3, -0.25) is 0 Å². The average Bonchev–Trinajstić information content (AvgIpc) is 2.67. The number of hydrogen-bond donors (Lipinski definition) is 1. The van der Waals surface area contributed by atoms with E-state index >= 15 is 0 Å². The van der Waals surface area contributed by atoms with Crippen LogP contribution in [0.5, 0.6) is 0 Å². The van der Waals surface area contributed by atoms with E-state index in [-0.39, 0.29) is 0 Å². The van der Waals surface area contributed by atoms with Crippen molar-refractivity contribution in [2.45, 2.75) is 6.54 Å². The lowest BCUT2D eigenvalue weighted by Crippen LogP contribution is -2.17. The molecule has 0 amide bonds. The van der Waals surface area contributed by atoms with Gasteiger partial charge in [-0.15, -0.1) is 11.3 Å². The Morgan fingerprint density at radius 1 is 1.35 bits per heavy atom. The molecule has 0 aliphatic rings. The summed E-state index contributed by atoms with van der Waals surface area (Å²) >= 11 is 11.2. The van der Waals surface area contributed by atoms with Crippen LogP contribution in [0.15, 0.2) is 34.1 Å². The maximum Gasteiger partial charge on any atom is 0.0702 e. The first-order chi connectivity index (χ1) is 8.06. The van der Waals surface area contributed by atoms with E-state index in [2.05, 4.69) is 33.0 Å². The summed E-state index contributed by atoms with van der Waals surface area (Å²) in [5.41, 5.74) is 7.65. The van der Waals surface area contributed by atoms with Gasteiger partial charge in [-0.2, -0.15) is 0 Å². The first-order valence-electron chi connectivity index (χ1n) is 5.06. The van der Waals surface area contributed by atoms with Crippen LogP contribution in [0.4, 0.5) is 11.4 Å². The van der Waals surface area contributed by atoms with Crippen LogP contribution < -0.4 is 10.6 Å². The van der Waals surface area contributed by atoms with Gasteiger partial charge in [0.25, 0.3) is 0 Å². The highest BCUT2D eigenvalue weighted by Crippen LogP contribution is 2.29. The second kappa shape index (κ2) is 5.29. The van der Waals surface area contributed by atoms with Crippen LogP contribution in [-0.2, 0) is 6.54 Å². The number of hydrogen-bond acceptors (Lipinski definition) is 3. The van der Waals surface area contributed by atoms with Crippen LogP contribution in [0.25, 0.3) is 0 Å². The van der Waals surface area contributed by atoms with Crippen LogP contribution in [0.3, 0.4) is 0 Å². The SMILES string of the molecule is CN(Cc1ccc(Br)s1)c1cc(Cl)ccc1N. The fourth-order valence-electron chi connectivity index (χ4n) is 1.60. The van der Waals surface area contributed by atoms with Gasteiger partial charge in [-0.1, -0.05) is 11.6 Å². The first-order valence-corrected chi connectivity index (χ1v) is 7.05. The average molecular weight is 332 g/mol. The molecule has 1 heterocycles. The maximum absolute atomic E-state index is 5.98. The summed E-state index contributed by atoms with van der Waals surface area (Å²) in [5, 5.41) is 0.702. The molecule has 0 unspecified atom stereocenters. The molecule has 2 aromatic rings. The minimum absolute atomic E-state index is 0.702. The summed E-state index contributed by atoms with van der Waals surface area (Å²) < 4.78 is 1.14. The predicted molar refractivity (Wildman–Crippen MR) is 80.0 cm³/mol. The molecular formula is C12H12BrClN2S. The van der Waals surface area contributed by atoms with E-state index in [1.54, 1.807) is 17.4 Å². The Kier molecular flexibility index (Phi) is 3.97. The fourth-order valence-corrected chi connectivity index (χ4v) is 3.31. The third kappa shape index (κ3) is 3.15. The number of nitrogens with two attached hydrogens (primary N) is 1. The minimum atomic E-state index is 0.702. The number of benzene rings is 1. The quantitative estimate of drug-likeness (QED) is 0.846. The molecule has 0 aliphatic carbocycles. The highest BCUT2D eigenvalue weighted by molar-refractivity contribution is 9.11. The standard InChI is InChI=1S/C12H12BrClN2S/c1-16(7-9-3-5-12(13)17-9)11-6-8(14)2-4-10(11)15/h2-6H,7,15H2,1H3. The Hall–Kier alpha value is -0.710. The molecule has 0 saturated carbocycles. The van der Waals surface area contributed by atoms with Crippen LogP contribution in [0, 0.1) is 0 Å². The molecule has 0 radical (unpaired) electrons. The molecule has 0 spiro atoms. The second-order valence-electron chi connectivity index (χ2n) is 3.77. The Labute approximate surface area is 118 Å². The van der Waals surface area contributed by atoms with E-state index in [1.165, 1.54) is 4.88 Å². The summed E-state index contributed by atoms with van der Waals surface area (Å²) in [6, 6.07) is 9.68. The monoisotopic (exact) mass is 330 g/mol. The lowest BCUT2D eigenvalue weighted by atomic mass is 10.2. The number of rotatable bonds is 3. The van der Waals surface area contributed by atoms with E-state index in [4.69, 9.17) is 17.3 Å². The summed E-state index contributed by atoms with van der Waals surface area (Å²) in [7, 11) is 2.01. The van der Waals surface area contributed by atoms with E-state index in [0.29, 0.717) is 5.02 Å². The maximum atomic E-state index is 5.98. The third-order valence-corrected chi connectivity index (χ3v) is 4.27. The van der Waals surface area contributed by atoms with Gasteiger partial charge < -0.3 is 10.6 Å². The molecular weight excluding hydrogens is 320 g/mol. The summed E-state index contributed by atoms with van der Waals surface area (Å²) in [6.07, 6.45) is 0. The molecule has 0 aliphatic heterocycles. The zero-order valence-electron chi connectivity index (χ0n) is 9.28. The molecule has 1 aromatic heterocycles. The Morgan fingerprint density at radius 3 is 2.76 bits per heavy atom. The van der Waals surface area contributed by atoms with Crippen molar-refractivity contribution < 1.29 is 0 Å². The molecule has 0 saturated heterocycles. The van der Waals surface area contributed by atoms with Crippen molar-refractivity contribution in [1.29, 1.82) is 0 Å². The van der Waals surface area contributed by atoms with Gasteiger partial charge in [0, 0.05) is 16.9 Å². The molecule has 0 fully saturated rings. The topological polar surface area (TPSA) is 29.3 Å². The smallest absolute Gasteiger partial charge is 0.0702 e. The van der Waals surface area contributed by atoms with Crippen molar-refractivity contribution in [3.05, 3.63) is 44.0 Å². The zero-order chi connectivity index (χ0) is 12.4. The van der Waals surface area contributed by atoms with E-state index in [0.717, 1.165) is 21.7 Å². The summed E-state index contributed by atoms with van der Waals surface area (Å²) in [6.45, 7) is 0.820. The van der Waals surface area contributed by atoms with Gasteiger partial charge >= 0.3 is 0 Å². The van der Waals surface area contributed by atoms with Gasteiger partial charge in [-0.25, -0.2) is 0 Å². The van der Waals surface area contributed by atoms with Gasteiger partial charge in [0.15, 0.2) is 0 Å². The first kappa shape index (κ1) is 12.7. The van der Waals surface area contributed by atoms with Gasteiger partial charge in [-0.05, 0) is 46.3 Å². The normalized spacial score (nSPS) is 10.5. The van der Waals surface area contributed by atoms with E-state index in [9.17, 15) is 0 Å².